The fraction of sp³-hybridized carbons (Fsp3) is 0.714. The molecule has 2 N–H and O–H groups in total. The van der Waals surface area contributed by atoms with Gasteiger partial charge >= 0.3 is 0 Å². The number of primary amides is 1. The van der Waals surface area contributed by atoms with Gasteiger partial charge in [0, 0.05) is 23.2 Å². The van der Waals surface area contributed by atoms with Gasteiger partial charge in [-0.1, -0.05) is 47.6 Å². The van der Waals surface area contributed by atoms with Crippen LogP contribution in [0.3, 0.4) is 0 Å². The van der Waals surface area contributed by atoms with Crippen molar-refractivity contribution < 1.29 is 9.59 Å². The van der Waals surface area contributed by atoms with E-state index >= 15 is 0 Å². The van der Waals surface area contributed by atoms with Crippen LogP contribution >= 0.6 is 0 Å². The first-order valence-corrected chi connectivity index (χ1v) is 12.6. The zero-order chi connectivity index (χ0) is 23.7. The van der Waals surface area contributed by atoms with Gasteiger partial charge in [-0.3, -0.25) is 9.59 Å². The van der Waals surface area contributed by atoms with Gasteiger partial charge in [0.2, 0.25) is 5.91 Å². The van der Waals surface area contributed by atoms with Crippen molar-refractivity contribution >= 4 is 11.8 Å². The van der Waals surface area contributed by atoms with Crippen molar-refractivity contribution in [3.8, 4) is 0 Å². The van der Waals surface area contributed by atoms with E-state index in [0.29, 0.717) is 33.8 Å². The summed E-state index contributed by atoms with van der Waals surface area (Å²) in [4.78, 5) is 27.8. The maximum Gasteiger partial charge on any atom is 0.254 e. The fourth-order valence-corrected chi connectivity index (χ4v) is 6.02. The van der Waals surface area contributed by atoms with Crippen LogP contribution in [0.2, 0.25) is 0 Å². The molecule has 2 fully saturated rings. The monoisotopic (exact) mass is 440 g/mol. The minimum Gasteiger partial charge on any atom is -0.366 e. The van der Waals surface area contributed by atoms with Gasteiger partial charge in [0.1, 0.15) is 0 Å². The van der Waals surface area contributed by atoms with Crippen molar-refractivity contribution in [1.29, 1.82) is 0 Å². The van der Waals surface area contributed by atoms with Crippen LogP contribution in [-0.2, 0) is 0 Å². The second kappa shape index (κ2) is 9.57. The zero-order valence-corrected chi connectivity index (χ0v) is 21.1. The summed E-state index contributed by atoms with van der Waals surface area (Å²) < 4.78 is 0. The highest BCUT2D eigenvalue weighted by Gasteiger charge is 2.39. The molecule has 4 nitrogen and oxygen atoms in total. The summed E-state index contributed by atoms with van der Waals surface area (Å²) in [6.07, 6.45) is 9.00. The summed E-state index contributed by atoms with van der Waals surface area (Å²) in [6.45, 7) is 14.0. The molecule has 0 saturated heterocycles. The third-order valence-electron chi connectivity index (χ3n) is 8.26. The Morgan fingerprint density at radius 1 is 0.750 bits per heavy atom. The van der Waals surface area contributed by atoms with Crippen LogP contribution < -0.4 is 5.73 Å². The van der Waals surface area contributed by atoms with Crippen LogP contribution in [-0.4, -0.2) is 28.8 Å². The molecule has 0 radical (unpaired) electrons. The molecule has 2 saturated carbocycles. The predicted molar refractivity (Wildman–Crippen MR) is 132 cm³/mol. The number of carbonyl (C=O) groups is 2. The molecular formula is C28H44N2O2. The molecule has 1 aromatic rings. The lowest BCUT2D eigenvalue weighted by Crippen LogP contribution is -2.50. The Balaban J connectivity index is 1.83. The van der Waals surface area contributed by atoms with Crippen LogP contribution in [0.4, 0.5) is 0 Å². The Morgan fingerprint density at radius 3 is 1.53 bits per heavy atom. The van der Waals surface area contributed by atoms with E-state index in [-0.39, 0.29) is 18.0 Å². The number of rotatable bonds is 4. The number of nitrogens with two attached hydrogens (primary N) is 1. The smallest absolute Gasteiger partial charge is 0.254 e. The van der Waals surface area contributed by atoms with Crippen LogP contribution in [0.5, 0.6) is 0 Å². The van der Waals surface area contributed by atoms with E-state index in [0.717, 1.165) is 25.7 Å². The van der Waals surface area contributed by atoms with E-state index in [4.69, 9.17) is 5.73 Å². The molecule has 0 spiro atoms. The van der Waals surface area contributed by atoms with E-state index < -0.39 is 5.91 Å². The summed E-state index contributed by atoms with van der Waals surface area (Å²) in [5.74, 6) is 1.02. The standard InChI is InChI=1S/C28H44N2O2/c1-27(2,3)21-10-14-23(15-11-21)30(24-16-12-22(13-17-24)28(4,5)6)26(32)20-9-7-8-19(18-20)25(29)31/h7-9,18,21-24H,10-17H2,1-6H3,(H2,29,31). The fourth-order valence-electron chi connectivity index (χ4n) is 6.02. The highest BCUT2D eigenvalue weighted by Crippen LogP contribution is 2.43. The molecule has 2 aliphatic rings. The van der Waals surface area contributed by atoms with E-state index in [1.54, 1.807) is 18.2 Å². The minimum absolute atomic E-state index is 0.0755. The Hall–Kier alpha value is -1.84. The van der Waals surface area contributed by atoms with Crippen LogP contribution in [0.1, 0.15) is 114 Å². The maximum absolute atomic E-state index is 13.8. The molecule has 2 amide bonds. The molecule has 0 atom stereocenters. The number of hydrogen-bond donors (Lipinski definition) is 1. The molecule has 0 bridgehead atoms. The Kier molecular flexibility index (Phi) is 7.41. The van der Waals surface area contributed by atoms with E-state index in [1.165, 1.54) is 25.7 Å². The van der Waals surface area contributed by atoms with Gasteiger partial charge in [-0.15, -0.1) is 0 Å². The van der Waals surface area contributed by atoms with Gasteiger partial charge in [0.15, 0.2) is 0 Å². The summed E-state index contributed by atoms with van der Waals surface area (Å²) in [5, 5.41) is 0. The third-order valence-corrected chi connectivity index (χ3v) is 8.26. The molecule has 4 heteroatoms. The lowest BCUT2D eigenvalue weighted by Gasteiger charge is -2.47. The molecule has 3 rings (SSSR count). The molecule has 0 aromatic heterocycles. The number of nitrogens with zero attached hydrogens (tertiary/aromatic N) is 1. The third kappa shape index (κ3) is 5.74. The summed E-state index contributed by atoms with van der Waals surface area (Å²) in [5.41, 5.74) is 7.13. The molecule has 0 heterocycles. The highest BCUT2D eigenvalue weighted by atomic mass is 16.2. The lowest BCUT2D eigenvalue weighted by molar-refractivity contribution is 0.0264. The first-order chi connectivity index (χ1) is 14.9. The summed E-state index contributed by atoms with van der Waals surface area (Å²) in [6, 6.07) is 7.55. The number of amides is 2. The number of carbonyl (C=O) groups excluding carboxylic acids is 2. The second-order valence-corrected chi connectivity index (χ2v) is 12.4. The SMILES string of the molecule is CC(C)(C)C1CCC(N(C(=O)c2cccc(C(N)=O)c2)C2CCC(C(C)(C)C)CC2)CC1. The average Bonchev–Trinajstić information content (AvgIpc) is 2.73. The van der Waals surface area contributed by atoms with Gasteiger partial charge < -0.3 is 10.6 Å². The van der Waals surface area contributed by atoms with Crippen LogP contribution in [0, 0.1) is 22.7 Å². The Bertz CT molecular complexity index is 767. The number of hydrogen-bond acceptors (Lipinski definition) is 2. The summed E-state index contributed by atoms with van der Waals surface area (Å²) in [7, 11) is 0. The average molecular weight is 441 g/mol. The summed E-state index contributed by atoms with van der Waals surface area (Å²) >= 11 is 0. The quantitative estimate of drug-likeness (QED) is 0.586. The molecule has 2 aliphatic carbocycles. The molecule has 0 unspecified atom stereocenters. The maximum atomic E-state index is 13.8. The second-order valence-electron chi connectivity index (χ2n) is 12.4. The molecule has 178 valence electrons. The van der Waals surface area contributed by atoms with Crippen molar-refractivity contribution in [2.75, 3.05) is 0 Å². The van der Waals surface area contributed by atoms with E-state index in [9.17, 15) is 9.59 Å². The highest BCUT2D eigenvalue weighted by molar-refractivity contribution is 5.99. The van der Waals surface area contributed by atoms with Gasteiger partial charge in [-0.05, 0) is 92.2 Å². The van der Waals surface area contributed by atoms with Crippen LogP contribution in [0.25, 0.3) is 0 Å². The van der Waals surface area contributed by atoms with Gasteiger partial charge in [-0.2, -0.15) is 0 Å². The van der Waals surface area contributed by atoms with Crippen molar-refractivity contribution in [1.82, 2.24) is 4.90 Å². The van der Waals surface area contributed by atoms with Crippen LogP contribution in [0.15, 0.2) is 24.3 Å². The predicted octanol–water partition coefficient (Wildman–Crippen LogP) is 6.44. The van der Waals surface area contributed by atoms with Crippen molar-refractivity contribution in [3.05, 3.63) is 35.4 Å². The van der Waals surface area contributed by atoms with E-state index in [2.05, 4.69) is 46.4 Å². The molecule has 32 heavy (non-hydrogen) atoms. The molecule has 0 aliphatic heterocycles. The minimum atomic E-state index is -0.484. The first-order valence-electron chi connectivity index (χ1n) is 12.6. The van der Waals surface area contributed by atoms with Gasteiger partial charge in [0.25, 0.3) is 5.91 Å². The number of benzene rings is 1. The van der Waals surface area contributed by atoms with Crippen molar-refractivity contribution in [2.45, 2.75) is 105 Å². The zero-order valence-electron chi connectivity index (χ0n) is 21.1. The Labute approximate surface area is 195 Å². The Morgan fingerprint density at radius 2 is 1.16 bits per heavy atom. The van der Waals surface area contributed by atoms with E-state index in [1.807, 2.05) is 6.07 Å². The van der Waals surface area contributed by atoms with Crippen molar-refractivity contribution in [3.63, 3.8) is 0 Å². The van der Waals surface area contributed by atoms with Gasteiger partial charge in [-0.25, -0.2) is 0 Å². The lowest BCUT2D eigenvalue weighted by atomic mass is 9.69. The molecular weight excluding hydrogens is 396 g/mol. The topological polar surface area (TPSA) is 63.4 Å². The normalized spacial score (nSPS) is 27.1. The van der Waals surface area contributed by atoms with Gasteiger partial charge in [0.05, 0.1) is 0 Å². The van der Waals surface area contributed by atoms with Crippen molar-refractivity contribution in [2.24, 2.45) is 28.4 Å². The molecule has 1 aromatic carbocycles. The largest absolute Gasteiger partial charge is 0.366 e. The first kappa shape index (κ1) is 24.8.